The van der Waals surface area contributed by atoms with Crippen LogP contribution in [0.25, 0.3) is 6.08 Å². The lowest BCUT2D eigenvalue weighted by Gasteiger charge is -2.07. The monoisotopic (exact) mass is 320 g/mol. The summed E-state index contributed by atoms with van der Waals surface area (Å²) >= 11 is 11.8. The highest BCUT2D eigenvalue weighted by Gasteiger charge is 2.04. The van der Waals surface area contributed by atoms with Crippen molar-refractivity contribution in [2.45, 2.75) is 6.92 Å². The minimum atomic E-state index is -0.387. The van der Waals surface area contributed by atoms with Crippen LogP contribution in [0.1, 0.15) is 11.1 Å². The normalized spacial score (nSPS) is 10.6. The molecule has 0 heterocycles. The van der Waals surface area contributed by atoms with E-state index in [2.05, 4.69) is 10.6 Å². The first-order valence-corrected chi connectivity index (χ1v) is 7.06. The Balaban J connectivity index is 1.93. The summed E-state index contributed by atoms with van der Waals surface area (Å²) in [5.41, 5.74) is 2.65. The van der Waals surface area contributed by atoms with Gasteiger partial charge in [0.05, 0.1) is 10.7 Å². The standard InChI is InChI=1S/C16H14Cl2N2O/c1-11-2-4-12(5-3-11)8-9-19-16(21)20-15-10-13(17)6-7-14(15)18/h2-10H,1H3,(H2,19,20,21)/b9-8+. The molecule has 0 spiro atoms. The fraction of sp³-hybridized carbons (Fsp3) is 0.0625. The molecule has 2 amide bonds. The largest absolute Gasteiger partial charge is 0.323 e. The van der Waals surface area contributed by atoms with Gasteiger partial charge in [-0.25, -0.2) is 4.79 Å². The van der Waals surface area contributed by atoms with Crippen LogP contribution in [0.5, 0.6) is 0 Å². The Kier molecular flexibility index (Phi) is 5.26. The van der Waals surface area contributed by atoms with Gasteiger partial charge in [0.15, 0.2) is 0 Å². The molecule has 5 heteroatoms. The molecule has 0 unspecified atom stereocenters. The molecule has 0 fully saturated rings. The molecule has 2 aromatic rings. The summed E-state index contributed by atoms with van der Waals surface area (Å²) in [4.78, 5) is 11.7. The number of aryl methyl sites for hydroxylation is 1. The molecule has 0 atom stereocenters. The fourth-order valence-corrected chi connectivity index (χ4v) is 1.98. The van der Waals surface area contributed by atoms with Crippen LogP contribution in [0.4, 0.5) is 10.5 Å². The lowest BCUT2D eigenvalue weighted by Crippen LogP contribution is -2.23. The van der Waals surface area contributed by atoms with E-state index in [0.29, 0.717) is 15.7 Å². The van der Waals surface area contributed by atoms with Gasteiger partial charge in [0.25, 0.3) is 0 Å². The van der Waals surface area contributed by atoms with Gasteiger partial charge in [0.1, 0.15) is 0 Å². The van der Waals surface area contributed by atoms with Crippen molar-refractivity contribution >= 4 is 41.0 Å². The minimum Gasteiger partial charge on any atom is -0.314 e. The zero-order valence-corrected chi connectivity index (χ0v) is 12.9. The number of nitrogens with one attached hydrogen (secondary N) is 2. The van der Waals surface area contributed by atoms with Crippen LogP contribution in [0.2, 0.25) is 10.0 Å². The van der Waals surface area contributed by atoms with Crippen LogP contribution >= 0.6 is 23.2 Å². The summed E-state index contributed by atoms with van der Waals surface area (Å²) < 4.78 is 0. The Labute approximate surface area is 133 Å². The molecule has 3 nitrogen and oxygen atoms in total. The molecule has 2 aromatic carbocycles. The summed E-state index contributed by atoms with van der Waals surface area (Å²) in [6, 6.07) is 12.4. The zero-order chi connectivity index (χ0) is 15.2. The van der Waals surface area contributed by atoms with Crippen LogP contribution in [0.3, 0.4) is 0 Å². The van der Waals surface area contributed by atoms with Gasteiger partial charge in [-0.2, -0.15) is 0 Å². The fourth-order valence-electron chi connectivity index (χ4n) is 1.64. The zero-order valence-electron chi connectivity index (χ0n) is 11.4. The average molecular weight is 321 g/mol. The van der Waals surface area contributed by atoms with Gasteiger partial charge >= 0.3 is 6.03 Å². The molecule has 0 bridgehead atoms. The first kappa shape index (κ1) is 15.4. The molecular formula is C16H14Cl2N2O. The van der Waals surface area contributed by atoms with Crippen molar-refractivity contribution in [3.8, 4) is 0 Å². The van der Waals surface area contributed by atoms with E-state index in [4.69, 9.17) is 23.2 Å². The number of hydrogen-bond acceptors (Lipinski definition) is 1. The summed E-state index contributed by atoms with van der Waals surface area (Å²) in [7, 11) is 0. The van der Waals surface area contributed by atoms with E-state index in [-0.39, 0.29) is 6.03 Å². The first-order chi connectivity index (χ1) is 10.0. The second-order valence-corrected chi connectivity index (χ2v) is 5.31. The third kappa shape index (κ3) is 4.81. The van der Waals surface area contributed by atoms with Crippen LogP contribution in [0, 0.1) is 6.92 Å². The maximum absolute atomic E-state index is 11.7. The van der Waals surface area contributed by atoms with Gasteiger partial charge in [-0.15, -0.1) is 0 Å². The summed E-state index contributed by atoms with van der Waals surface area (Å²) in [5.74, 6) is 0. The highest BCUT2D eigenvalue weighted by Crippen LogP contribution is 2.25. The Hall–Kier alpha value is -1.97. The second-order valence-electron chi connectivity index (χ2n) is 4.47. The van der Waals surface area contributed by atoms with Crippen LogP contribution in [-0.4, -0.2) is 6.03 Å². The van der Waals surface area contributed by atoms with E-state index >= 15 is 0 Å². The maximum Gasteiger partial charge on any atom is 0.323 e. The summed E-state index contributed by atoms with van der Waals surface area (Å²) in [6.45, 7) is 2.02. The molecule has 0 aliphatic rings. The predicted octanol–water partition coefficient (Wildman–Crippen LogP) is 5.09. The molecule has 0 aliphatic heterocycles. The Morgan fingerprint density at radius 2 is 1.81 bits per heavy atom. The Bertz CT molecular complexity index is 666. The second kappa shape index (κ2) is 7.16. The number of rotatable bonds is 3. The lowest BCUT2D eigenvalue weighted by atomic mass is 10.1. The molecule has 0 saturated carbocycles. The van der Waals surface area contributed by atoms with E-state index in [1.165, 1.54) is 5.56 Å². The topological polar surface area (TPSA) is 41.1 Å². The molecule has 2 N–H and O–H groups in total. The first-order valence-electron chi connectivity index (χ1n) is 6.30. The van der Waals surface area contributed by atoms with Crippen molar-refractivity contribution < 1.29 is 4.79 Å². The molecule has 0 saturated heterocycles. The highest BCUT2D eigenvalue weighted by atomic mass is 35.5. The van der Waals surface area contributed by atoms with E-state index < -0.39 is 0 Å². The number of anilines is 1. The molecule has 108 valence electrons. The summed E-state index contributed by atoms with van der Waals surface area (Å²) in [6.07, 6.45) is 3.37. The van der Waals surface area contributed by atoms with E-state index in [1.807, 2.05) is 31.2 Å². The molecule has 21 heavy (non-hydrogen) atoms. The van der Waals surface area contributed by atoms with Crippen molar-refractivity contribution in [2.24, 2.45) is 0 Å². The number of carbonyl (C=O) groups is 1. The van der Waals surface area contributed by atoms with E-state index in [9.17, 15) is 4.79 Å². The van der Waals surface area contributed by atoms with Gasteiger partial charge in [-0.3, -0.25) is 0 Å². The van der Waals surface area contributed by atoms with Crippen molar-refractivity contribution in [2.75, 3.05) is 5.32 Å². The third-order valence-electron chi connectivity index (χ3n) is 2.74. The van der Waals surface area contributed by atoms with Gasteiger partial charge < -0.3 is 10.6 Å². The number of halogens is 2. The molecule has 0 radical (unpaired) electrons. The third-order valence-corrected chi connectivity index (χ3v) is 3.31. The van der Waals surface area contributed by atoms with Crippen LogP contribution in [-0.2, 0) is 0 Å². The van der Waals surface area contributed by atoms with E-state index in [1.54, 1.807) is 30.5 Å². The lowest BCUT2D eigenvalue weighted by molar-refractivity contribution is 0.255. The van der Waals surface area contributed by atoms with Crippen molar-refractivity contribution in [3.63, 3.8) is 0 Å². The summed E-state index contributed by atoms with van der Waals surface area (Å²) in [5, 5.41) is 6.17. The number of benzene rings is 2. The van der Waals surface area contributed by atoms with Gasteiger partial charge in [-0.05, 0) is 36.8 Å². The van der Waals surface area contributed by atoms with Crippen LogP contribution in [0.15, 0.2) is 48.7 Å². The number of amides is 2. The molecular weight excluding hydrogens is 307 g/mol. The Morgan fingerprint density at radius 1 is 1.10 bits per heavy atom. The highest BCUT2D eigenvalue weighted by molar-refractivity contribution is 6.35. The van der Waals surface area contributed by atoms with Crippen molar-refractivity contribution in [1.82, 2.24) is 5.32 Å². The maximum atomic E-state index is 11.7. The van der Waals surface area contributed by atoms with Gasteiger partial charge in [0, 0.05) is 11.2 Å². The van der Waals surface area contributed by atoms with Crippen molar-refractivity contribution in [1.29, 1.82) is 0 Å². The quantitative estimate of drug-likeness (QED) is 0.812. The van der Waals surface area contributed by atoms with Gasteiger partial charge in [-0.1, -0.05) is 53.0 Å². The van der Waals surface area contributed by atoms with E-state index in [0.717, 1.165) is 5.56 Å². The Morgan fingerprint density at radius 3 is 2.52 bits per heavy atom. The molecule has 2 rings (SSSR count). The van der Waals surface area contributed by atoms with Crippen molar-refractivity contribution in [3.05, 3.63) is 69.8 Å². The smallest absolute Gasteiger partial charge is 0.314 e. The van der Waals surface area contributed by atoms with Gasteiger partial charge in [0.2, 0.25) is 0 Å². The average Bonchev–Trinajstić information content (AvgIpc) is 2.45. The minimum absolute atomic E-state index is 0.387. The molecule has 0 aliphatic carbocycles. The van der Waals surface area contributed by atoms with Crippen LogP contribution < -0.4 is 10.6 Å². The molecule has 0 aromatic heterocycles. The SMILES string of the molecule is Cc1ccc(/C=C/NC(=O)Nc2cc(Cl)ccc2Cl)cc1. The predicted molar refractivity (Wildman–Crippen MR) is 88.8 cm³/mol. The number of hydrogen-bond donors (Lipinski definition) is 2. The number of urea groups is 1. The number of carbonyl (C=O) groups excluding carboxylic acids is 1.